The highest BCUT2D eigenvalue weighted by Crippen LogP contribution is 2.22. The van der Waals surface area contributed by atoms with Crippen LogP contribution in [-0.4, -0.2) is 21.2 Å². The molecule has 1 heterocycles. The first kappa shape index (κ1) is 8.83. The van der Waals surface area contributed by atoms with Crippen molar-refractivity contribution in [1.29, 1.82) is 0 Å². The molecular weight excluding hydrogens is 202 g/mol. The summed E-state index contributed by atoms with van der Waals surface area (Å²) < 4.78 is 4.53. The van der Waals surface area contributed by atoms with Crippen molar-refractivity contribution in [2.75, 3.05) is 0 Å². The maximum Gasteiger partial charge on any atom is 0.377 e. The van der Waals surface area contributed by atoms with Crippen LogP contribution < -0.4 is 0 Å². The number of nitrogens with zero attached hydrogens (tertiary/aromatic N) is 1. The summed E-state index contributed by atoms with van der Waals surface area (Å²) in [4.78, 5) is 21.7. The highest BCUT2D eigenvalue weighted by atomic mass is 32.1. The largest absolute Gasteiger partial charge is 0.475 e. The van der Waals surface area contributed by atoms with Crippen LogP contribution in [0.4, 0.5) is 0 Å². The van der Waals surface area contributed by atoms with Crippen molar-refractivity contribution in [3.05, 3.63) is 30.0 Å². The van der Waals surface area contributed by atoms with E-state index in [0.29, 0.717) is 4.70 Å². The Balaban J connectivity index is 2.67. The number of carbonyl (C=O) groups is 2. The minimum absolute atomic E-state index is 0.206. The first-order chi connectivity index (χ1) is 6.70. The van der Waals surface area contributed by atoms with Crippen LogP contribution in [0.5, 0.6) is 0 Å². The van der Waals surface area contributed by atoms with Gasteiger partial charge in [-0.1, -0.05) is 12.1 Å². The minimum atomic E-state index is -1.44. The zero-order valence-corrected chi connectivity index (χ0v) is 7.75. The second-order valence-electron chi connectivity index (χ2n) is 2.68. The quantitative estimate of drug-likeness (QED) is 0.599. The van der Waals surface area contributed by atoms with E-state index in [-0.39, 0.29) is 5.56 Å². The molecule has 0 saturated heterocycles. The molecule has 1 aromatic carbocycles. The van der Waals surface area contributed by atoms with E-state index < -0.39 is 11.8 Å². The molecule has 0 amide bonds. The highest BCUT2D eigenvalue weighted by molar-refractivity contribution is 7.13. The van der Waals surface area contributed by atoms with E-state index in [0.717, 1.165) is 16.9 Å². The van der Waals surface area contributed by atoms with Crippen molar-refractivity contribution in [3.63, 3.8) is 0 Å². The molecule has 1 N–H and O–H groups in total. The maximum absolute atomic E-state index is 11.2. The third kappa shape index (κ3) is 1.27. The highest BCUT2D eigenvalue weighted by Gasteiger charge is 2.17. The summed E-state index contributed by atoms with van der Waals surface area (Å²) in [5, 5.41) is 9.36. The fraction of sp³-hybridized carbons (Fsp3) is 0. The summed E-state index contributed by atoms with van der Waals surface area (Å²) in [6, 6.07) is 4.93. The predicted octanol–water partition coefficient (Wildman–Crippen LogP) is 1.56. The Kier molecular flexibility index (Phi) is 2.01. The number of rotatable bonds is 2. The van der Waals surface area contributed by atoms with E-state index in [4.69, 9.17) is 5.11 Å². The molecule has 0 spiro atoms. The van der Waals surface area contributed by atoms with E-state index in [1.54, 1.807) is 18.3 Å². The van der Waals surface area contributed by atoms with Gasteiger partial charge in [-0.2, -0.15) is 4.37 Å². The van der Waals surface area contributed by atoms with E-state index >= 15 is 0 Å². The van der Waals surface area contributed by atoms with Crippen LogP contribution in [0.3, 0.4) is 0 Å². The van der Waals surface area contributed by atoms with Gasteiger partial charge in [0.15, 0.2) is 0 Å². The van der Waals surface area contributed by atoms with Crippen molar-refractivity contribution in [1.82, 2.24) is 4.37 Å². The molecule has 0 unspecified atom stereocenters. The molecule has 5 heteroatoms. The van der Waals surface area contributed by atoms with Gasteiger partial charge < -0.3 is 5.11 Å². The van der Waals surface area contributed by atoms with Crippen molar-refractivity contribution >= 4 is 33.4 Å². The summed E-state index contributed by atoms with van der Waals surface area (Å²) in [5.41, 5.74) is 0.206. The first-order valence-corrected chi connectivity index (χ1v) is 4.58. The van der Waals surface area contributed by atoms with Gasteiger partial charge in [-0.15, -0.1) is 0 Å². The second kappa shape index (κ2) is 3.19. The summed E-state index contributed by atoms with van der Waals surface area (Å²) in [6.07, 6.45) is 1.61. The van der Waals surface area contributed by atoms with Crippen LogP contribution in [0, 0.1) is 0 Å². The Bertz CT molecular complexity index is 518. The Hall–Kier alpha value is -1.75. The number of carboxylic acids is 1. The number of carboxylic acid groups (broad SMARTS) is 1. The SMILES string of the molecule is O=C(O)C(=O)c1cccc2cnsc12. The number of ketones is 1. The van der Waals surface area contributed by atoms with Crippen molar-refractivity contribution in [2.45, 2.75) is 0 Å². The Labute approximate surface area is 83.0 Å². The van der Waals surface area contributed by atoms with Gasteiger partial charge in [0.2, 0.25) is 0 Å². The number of hydrogen-bond donors (Lipinski definition) is 1. The summed E-state index contributed by atoms with van der Waals surface area (Å²) >= 11 is 1.13. The number of hydrogen-bond acceptors (Lipinski definition) is 4. The van der Waals surface area contributed by atoms with Gasteiger partial charge in [-0.3, -0.25) is 4.79 Å². The van der Waals surface area contributed by atoms with Gasteiger partial charge in [0, 0.05) is 17.1 Å². The third-order valence-electron chi connectivity index (χ3n) is 1.82. The number of benzene rings is 1. The van der Waals surface area contributed by atoms with E-state index in [1.807, 2.05) is 0 Å². The molecule has 1 aromatic heterocycles. The average Bonchev–Trinajstić information content (AvgIpc) is 2.63. The van der Waals surface area contributed by atoms with Crippen molar-refractivity contribution < 1.29 is 14.7 Å². The lowest BCUT2D eigenvalue weighted by Gasteiger charge is -1.96. The molecule has 0 saturated carbocycles. The van der Waals surface area contributed by atoms with E-state index in [1.165, 1.54) is 6.07 Å². The molecule has 0 fully saturated rings. The molecule has 0 aliphatic heterocycles. The molecular formula is C9H5NO3S. The smallest absolute Gasteiger partial charge is 0.377 e. The van der Waals surface area contributed by atoms with Crippen LogP contribution in [0.2, 0.25) is 0 Å². The Morgan fingerprint density at radius 2 is 2.14 bits per heavy atom. The number of carbonyl (C=O) groups excluding carboxylic acids is 1. The van der Waals surface area contributed by atoms with Crippen molar-refractivity contribution in [3.8, 4) is 0 Å². The zero-order valence-electron chi connectivity index (χ0n) is 6.93. The molecule has 0 aliphatic rings. The lowest BCUT2D eigenvalue weighted by Crippen LogP contribution is -2.12. The number of Topliss-reactive ketones (excluding diaryl/α,β-unsaturated/α-hetero) is 1. The van der Waals surface area contributed by atoms with Gasteiger partial charge in [-0.25, -0.2) is 4.79 Å². The molecule has 0 aliphatic carbocycles. The molecule has 70 valence electrons. The standard InChI is InChI=1S/C9H5NO3S/c11-7(9(12)13)6-3-1-2-5-4-10-14-8(5)6/h1-4H,(H,12,13). The summed E-state index contributed by atoms with van der Waals surface area (Å²) in [6.45, 7) is 0. The van der Waals surface area contributed by atoms with E-state index in [2.05, 4.69) is 4.37 Å². The molecule has 0 radical (unpaired) electrons. The second-order valence-corrected chi connectivity index (χ2v) is 3.49. The normalized spacial score (nSPS) is 10.3. The van der Waals surface area contributed by atoms with Gasteiger partial charge in [0.1, 0.15) is 0 Å². The average molecular weight is 207 g/mol. The maximum atomic E-state index is 11.2. The number of aromatic nitrogens is 1. The van der Waals surface area contributed by atoms with Crippen LogP contribution in [0.15, 0.2) is 24.4 Å². The van der Waals surface area contributed by atoms with Gasteiger partial charge in [0.25, 0.3) is 5.78 Å². The first-order valence-electron chi connectivity index (χ1n) is 3.81. The van der Waals surface area contributed by atoms with Gasteiger partial charge >= 0.3 is 5.97 Å². The van der Waals surface area contributed by atoms with Crippen molar-refractivity contribution in [2.24, 2.45) is 0 Å². The predicted molar refractivity (Wildman–Crippen MR) is 51.6 cm³/mol. The summed E-state index contributed by atoms with van der Waals surface area (Å²) in [5.74, 6) is -2.33. The molecule has 0 atom stereocenters. The van der Waals surface area contributed by atoms with Crippen LogP contribution in [0.1, 0.15) is 10.4 Å². The number of fused-ring (bicyclic) bond motifs is 1. The number of aliphatic carboxylic acids is 1. The monoisotopic (exact) mass is 207 g/mol. The zero-order chi connectivity index (χ0) is 10.1. The summed E-state index contributed by atoms with van der Waals surface area (Å²) in [7, 11) is 0. The van der Waals surface area contributed by atoms with Crippen LogP contribution in [0.25, 0.3) is 10.1 Å². The molecule has 4 nitrogen and oxygen atoms in total. The van der Waals surface area contributed by atoms with Crippen LogP contribution in [-0.2, 0) is 4.79 Å². The fourth-order valence-electron chi connectivity index (χ4n) is 1.19. The fourth-order valence-corrected chi connectivity index (χ4v) is 1.95. The van der Waals surface area contributed by atoms with Crippen LogP contribution >= 0.6 is 11.5 Å². The van der Waals surface area contributed by atoms with Gasteiger partial charge in [0.05, 0.1) is 4.70 Å². The molecule has 14 heavy (non-hydrogen) atoms. The van der Waals surface area contributed by atoms with Gasteiger partial charge in [-0.05, 0) is 17.6 Å². The topological polar surface area (TPSA) is 67.3 Å². The lowest BCUT2D eigenvalue weighted by atomic mass is 10.1. The molecule has 2 rings (SSSR count). The Morgan fingerprint density at radius 1 is 1.36 bits per heavy atom. The van der Waals surface area contributed by atoms with E-state index in [9.17, 15) is 9.59 Å². The molecule has 0 bridgehead atoms. The Morgan fingerprint density at radius 3 is 2.86 bits per heavy atom. The molecule has 2 aromatic rings. The third-order valence-corrected chi connectivity index (χ3v) is 2.67. The lowest BCUT2D eigenvalue weighted by molar-refractivity contribution is -0.131. The minimum Gasteiger partial charge on any atom is -0.475 e.